The summed E-state index contributed by atoms with van der Waals surface area (Å²) in [6.45, 7) is 4.18. The van der Waals surface area contributed by atoms with Crippen LogP contribution in [-0.4, -0.2) is 23.5 Å². The van der Waals surface area contributed by atoms with Crippen LogP contribution in [0.1, 0.15) is 43.4 Å². The molecular formula is C18H25NO3. The number of hydrogen-bond acceptors (Lipinski definition) is 2. The minimum atomic E-state index is -0.841. The maximum atomic E-state index is 12.0. The Morgan fingerprint density at radius 2 is 1.95 bits per heavy atom. The van der Waals surface area contributed by atoms with E-state index in [0.29, 0.717) is 18.8 Å². The number of carbonyl (C=O) groups is 2. The molecule has 1 aliphatic carbocycles. The second kappa shape index (κ2) is 7.43. The van der Waals surface area contributed by atoms with Gasteiger partial charge in [0.15, 0.2) is 0 Å². The average molecular weight is 303 g/mol. The van der Waals surface area contributed by atoms with Crippen LogP contribution in [0.4, 0.5) is 0 Å². The van der Waals surface area contributed by atoms with Crippen molar-refractivity contribution in [1.82, 2.24) is 5.32 Å². The zero-order valence-corrected chi connectivity index (χ0v) is 13.4. The van der Waals surface area contributed by atoms with Crippen molar-refractivity contribution in [2.45, 2.75) is 46.0 Å². The predicted molar refractivity (Wildman–Crippen MR) is 85.8 cm³/mol. The van der Waals surface area contributed by atoms with Crippen LogP contribution < -0.4 is 5.32 Å². The third-order valence-electron chi connectivity index (χ3n) is 4.18. The summed E-state index contributed by atoms with van der Waals surface area (Å²) in [5, 5.41) is 11.9. The molecule has 1 atom stereocenters. The molecule has 4 heteroatoms. The number of benzene rings is 1. The topological polar surface area (TPSA) is 66.4 Å². The highest BCUT2D eigenvalue weighted by Crippen LogP contribution is 2.23. The molecule has 1 amide bonds. The highest BCUT2D eigenvalue weighted by atomic mass is 16.4. The van der Waals surface area contributed by atoms with Crippen LogP contribution in [0.15, 0.2) is 18.2 Å². The Morgan fingerprint density at radius 1 is 1.23 bits per heavy atom. The van der Waals surface area contributed by atoms with E-state index in [1.807, 2.05) is 19.9 Å². The lowest BCUT2D eigenvalue weighted by atomic mass is 9.97. The highest BCUT2D eigenvalue weighted by Gasteiger charge is 2.20. The molecule has 0 aromatic heterocycles. The molecule has 0 fully saturated rings. The molecule has 2 N–H and O–H groups in total. The van der Waals surface area contributed by atoms with Gasteiger partial charge in [-0.2, -0.15) is 0 Å². The normalized spacial score (nSPS) is 14.7. The first-order valence-electron chi connectivity index (χ1n) is 8.06. The summed E-state index contributed by atoms with van der Waals surface area (Å²) in [7, 11) is 0. The molecule has 0 aliphatic heterocycles. The Labute approximate surface area is 131 Å². The lowest BCUT2D eigenvalue weighted by Gasteiger charge is -2.15. The number of amides is 1. The van der Waals surface area contributed by atoms with Crippen molar-refractivity contribution >= 4 is 11.9 Å². The van der Waals surface area contributed by atoms with Gasteiger partial charge in [0.2, 0.25) is 5.91 Å². The fourth-order valence-corrected chi connectivity index (χ4v) is 3.06. The van der Waals surface area contributed by atoms with E-state index >= 15 is 0 Å². The van der Waals surface area contributed by atoms with Gasteiger partial charge in [0.05, 0.1) is 12.3 Å². The van der Waals surface area contributed by atoms with Crippen molar-refractivity contribution in [3.05, 3.63) is 34.9 Å². The van der Waals surface area contributed by atoms with Crippen LogP contribution in [0.2, 0.25) is 0 Å². The largest absolute Gasteiger partial charge is 0.481 e. The molecule has 0 bridgehead atoms. The molecule has 1 unspecified atom stereocenters. The molecule has 1 aromatic carbocycles. The van der Waals surface area contributed by atoms with E-state index in [0.717, 1.165) is 18.4 Å². The number of aryl methyl sites for hydroxylation is 2. The minimum Gasteiger partial charge on any atom is -0.481 e. The van der Waals surface area contributed by atoms with E-state index in [9.17, 15) is 14.7 Å². The van der Waals surface area contributed by atoms with Crippen LogP contribution >= 0.6 is 0 Å². The molecule has 0 saturated carbocycles. The number of nitrogens with one attached hydrogen (secondary N) is 1. The van der Waals surface area contributed by atoms with Crippen molar-refractivity contribution in [3.8, 4) is 0 Å². The maximum absolute atomic E-state index is 12.0. The zero-order chi connectivity index (χ0) is 16.1. The molecule has 0 saturated heterocycles. The van der Waals surface area contributed by atoms with E-state index in [-0.39, 0.29) is 12.5 Å². The van der Waals surface area contributed by atoms with Gasteiger partial charge in [-0.1, -0.05) is 32.0 Å². The van der Waals surface area contributed by atoms with Gasteiger partial charge >= 0.3 is 5.97 Å². The summed E-state index contributed by atoms with van der Waals surface area (Å²) >= 11 is 0. The van der Waals surface area contributed by atoms with Crippen LogP contribution in [0.5, 0.6) is 0 Å². The molecule has 120 valence electrons. The summed E-state index contributed by atoms with van der Waals surface area (Å²) in [4.78, 5) is 23.2. The fraction of sp³-hybridized carbons (Fsp3) is 0.556. The van der Waals surface area contributed by atoms with Crippen molar-refractivity contribution in [3.63, 3.8) is 0 Å². The summed E-state index contributed by atoms with van der Waals surface area (Å²) in [6, 6.07) is 6.24. The van der Waals surface area contributed by atoms with Gasteiger partial charge in [0, 0.05) is 6.54 Å². The highest BCUT2D eigenvalue weighted by molar-refractivity contribution is 5.79. The Hall–Kier alpha value is -1.84. The SMILES string of the molecule is CC(C)CC(CNC(=O)Cc1ccc2c(c1)CCC2)C(=O)O. The van der Waals surface area contributed by atoms with Gasteiger partial charge in [-0.15, -0.1) is 0 Å². The first-order chi connectivity index (χ1) is 10.5. The molecule has 2 rings (SSSR count). The molecule has 0 heterocycles. The van der Waals surface area contributed by atoms with Gasteiger partial charge in [0.25, 0.3) is 0 Å². The van der Waals surface area contributed by atoms with Crippen LogP contribution in [-0.2, 0) is 28.9 Å². The predicted octanol–water partition coefficient (Wildman–Crippen LogP) is 2.58. The van der Waals surface area contributed by atoms with E-state index in [2.05, 4.69) is 17.4 Å². The number of hydrogen-bond donors (Lipinski definition) is 2. The number of carboxylic acid groups (broad SMARTS) is 1. The summed E-state index contributed by atoms with van der Waals surface area (Å²) in [5.41, 5.74) is 3.76. The number of aliphatic carboxylic acids is 1. The van der Waals surface area contributed by atoms with Gasteiger partial charge in [-0.3, -0.25) is 9.59 Å². The summed E-state index contributed by atoms with van der Waals surface area (Å²) in [6.07, 6.45) is 4.33. The summed E-state index contributed by atoms with van der Waals surface area (Å²) < 4.78 is 0. The Balaban J connectivity index is 1.86. The molecule has 1 aliphatic rings. The quantitative estimate of drug-likeness (QED) is 0.813. The first-order valence-corrected chi connectivity index (χ1v) is 8.06. The van der Waals surface area contributed by atoms with Crippen molar-refractivity contribution in [2.24, 2.45) is 11.8 Å². The second-order valence-corrected chi connectivity index (χ2v) is 6.60. The van der Waals surface area contributed by atoms with Gasteiger partial charge < -0.3 is 10.4 Å². The van der Waals surface area contributed by atoms with Crippen LogP contribution in [0, 0.1) is 11.8 Å². The minimum absolute atomic E-state index is 0.104. The lowest BCUT2D eigenvalue weighted by molar-refractivity contribution is -0.142. The molecule has 0 radical (unpaired) electrons. The number of carboxylic acids is 1. The third kappa shape index (κ3) is 4.58. The molecule has 1 aromatic rings. The fourth-order valence-electron chi connectivity index (χ4n) is 3.06. The standard InChI is InChI=1S/C18H25NO3/c1-12(2)8-16(18(21)22)11-19-17(20)10-13-6-7-14-4-3-5-15(14)9-13/h6-7,9,12,16H,3-5,8,10-11H2,1-2H3,(H,19,20)(H,21,22). The Kier molecular flexibility index (Phi) is 5.58. The van der Waals surface area contributed by atoms with E-state index in [1.165, 1.54) is 17.5 Å². The third-order valence-corrected chi connectivity index (χ3v) is 4.18. The monoisotopic (exact) mass is 303 g/mol. The number of rotatable bonds is 7. The molecule has 0 spiro atoms. The van der Waals surface area contributed by atoms with E-state index < -0.39 is 11.9 Å². The number of fused-ring (bicyclic) bond motifs is 1. The molecular weight excluding hydrogens is 278 g/mol. The zero-order valence-electron chi connectivity index (χ0n) is 13.4. The first kappa shape index (κ1) is 16.5. The van der Waals surface area contributed by atoms with E-state index in [4.69, 9.17) is 0 Å². The van der Waals surface area contributed by atoms with Crippen molar-refractivity contribution in [2.75, 3.05) is 6.54 Å². The van der Waals surface area contributed by atoms with Crippen molar-refractivity contribution < 1.29 is 14.7 Å². The van der Waals surface area contributed by atoms with Gasteiger partial charge in [0.1, 0.15) is 0 Å². The smallest absolute Gasteiger partial charge is 0.308 e. The molecule has 4 nitrogen and oxygen atoms in total. The van der Waals surface area contributed by atoms with Crippen LogP contribution in [0.25, 0.3) is 0 Å². The Bertz CT molecular complexity index is 551. The maximum Gasteiger partial charge on any atom is 0.308 e. The van der Waals surface area contributed by atoms with Crippen LogP contribution in [0.3, 0.4) is 0 Å². The summed E-state index contributed by atoms with van der Waals surface area (Å²) in [5.74, 6) is -1.15. The average Bonchev–Trinajstić information content (AvgIpc) is 2.90. The van der Waals surface area contributed by atoms with Crippen molar-refractivity contribution in [1.29, 1.82) is 0 Å². The van der Waals surface area contributed by atoms with Gasteiger partial charge in [-0.25, -0.2) is 0 Å². The lowest BCUT2D eigenvalue weighted by Crippen LogP contribution is -2.34. The Morgan fingerprint density at radius 3 is 2.64 bits per heavy atom. The number of carbonyl (C=O) groups excluding carboxylic acids is 1. The second-order valence-electron chi connectivity index (χ2n) is 6.60. The van der Waals surface area contributed by atoms with E-state index in [1.54, 1.807) is 0 Å². The van der Waals surface area contributed by atoms with Gasteiger partial charge in [-0.05, 0) is 48.3 Å². The molecule has 22 heavy (non-hydrogen) atoms.